The van der Waals surface area contributed by atoms with Gasteiger partial charge in [-0.05, 0) is 52.7 Å². The van der Waals surface area contributed by atoms with E-state index in [1.807, 2.05) is 19.1 Å². The molecule has 0 bridgehead atoms. The first-order valence-corrected chi connectivity index (χ1v) is 6.62. The molecule has 0 heterocycles. The van der Waals surface area contributed by atoms with Crippen LogP contribution in [0.5, 0.6) is 11.5 Å². The lowest BCUT2D eigenvalue weighted by molar-refractivity contribution is -0.385. The van der Waals surface area contributed by atoms with Crippen LogP contribution in [0, 0.1) is 17.0 Å². The number of nitrogens with zero attached hydrogens (tertiary/aromatic N) is 1. The van der Waals surface area contributed by atoms with Crippen molar-refractivity contribution < 1.29 is 14.8 Å². The fraction of sp³-hybridized carbons (Fsp3) is 0.143. The molecule has 2 rings (SSSR count). The molecular weight excluding hydrogens is 326 g/mol. The van der Waals surface area contributed by atoms with Gasteiger partial charge < -0.3 is 9.84 Å². The van der Waals surface area contributed by atoms with Crippen molar-refractivity contribution in [3.8, 4) is 11.5 Å². The van der Waals surface area contributed by atoms with Gasteiger partial charge in [-0.1, -0.05) is 6.07 Å². The Kier molecular flexibility index (Phi) is 4.36. The number of nitro benzene ring substituents is 1. The summed E-state index contributed by atoms with van der Waals surface area (Å²) in [5.41, 5.74) is 1.18. The zero-order chi connectivity index (χ0) is 14.7. The van der Waals surface area contributed by atoms with E-state index in [1.165, 1.54) is 18.2 Å². The Bertz CT molecular complexity index is 658. The smallest absolute Gasteiger partial charge is 0.275 e. The zero-order valence-electron chi connectivity index (χ0n) is 10.7. The second kappa shape index (κ2) is 6.02. The van der Waals surface area contributed by atoms with Crippen molar-refractivity contribution in [2.45, 2.75) is 13.5 Å². The summed E-state index contributed by atoms with van der Waals surface area (Å²) >= 11 is 3.40. The summed E-state index contributed by atoms with van der Waals surface area (Å²) < 4.78 is 6.45. The summed E-state index contributed by atoms with van der Waals surface area (Å²) in [5.74, 6) is 1.04. The number of aryl methyl sites for hydroxylation is 1. The van der Waals surface area contributed by atoms with E-state index in [0.717, 1.165) is 10.0 Å². The number of nitro groups is 1. The molecule has 0 saturated carbocycles. The topological polar surface area (TPSA) is 72.6 Å². The lowest BCUT2D eigenvalue weighted by Crippen LogP contribution is -1.96. The van der Waals surface area contributed by atoms with E-state index in [9.17, 15) is 15.2 Å². The van der Waals surface area contributed by atoms with Gasteiger partial charge in [0.1, 0.15) is 11.5 Å². The lowest BCUT2D eigenvalue weighted by Gasteiger charge is -2.09. The van der Waals surface area contributed by atoms with E-state index in [2.05, 4.69) is 15.9 Å². The van der Waals surface area contributed by atoms with E-state index in [1.54, 1.807) is 6.07 Å². The van der Waals surface area contributed by atoms with Crippen LogP contribution < -0.4 is 4.74 Å². The molecule has 2 aromatic rings. The highest BCUT2D eigenvalue weighted by Crippen LogP contribution is 2.32. The molecule has 0 aliphatic rings. The second-order valence-corrected chi connectivity index (χ2v) is 5.10. The molecule has 5 nitrogen and oxygen atoms in total. The van der Waals surface area contributed by atoms with Gasteiger partial charge in [0.15, 0.2) is 0 Å². The molecule has 2 aromatic carbocycles. The summed E-state index contributed by atoms with van der Waals surface area (Å²) in [6.45, 7) is 1.55. The lowest BCUT2D eigenvalue weighted by atomic mass is 10.2. The summed E-state index contributed by atoms with van der Waals surface area (Å²) in [7, 11) is 0. The third-order valence-electron chi connectivity index (χ3n) is 2.73. The van der Waals surface area contributed by atoms with Crippen LogP contribution >= 0.6 is 15.9 Å². The average molecular weight is 338 g/mol. The molecule has 0 radical (unpaired) electrons. The largest absolute Gasteiger partial charge is 0.456 e. The van der Waals surface area contributed by atoms with Crippen LogP contribution in [-0.4, -0.2) is 10.0 Å². The molecule has 0 saturated heterocycles. The Balaban J connectivity index is 2.32. The minimum Gasteiger partial charge on any atom is -0.456 e. The number of rotatable bonds is 4. The molecule has 0 unspecified atom stereocenters. The number of hydrogen-bond acceptors (Lipinski definition) is 4. The van der Waals surface area contributed by atoms with Crippen molar-refractivity contribution in [3.05, 3.63) is 62.1 Å². The standard InChI is InChI=1S/C14H12BrNO4/c1-9-2-5-14(12(15)6-9)20-11-3-4-13(16(18)19)10(7-11)8-17/h2-7,17H,8H2,1H3. The zero-order valence-corrected chi connectivity index (χ0v) is 12.3. The number of halogens is 1. The third kappa shape index (κ3) is 3.15. The van der Waals surface area contributed by atoms with Gasteiger partial charge in [-0.25, -0.2) is 0 Å². The van der Waals surface area contributed by atoms with Crippen molar-refractivity contribution in [2.75, 3.05) is 0 Å². The highest BCUT2D eigenvalue weighted by atomic mass is 79.9. The van der Waals surface area contributed by atoms with Gasteiger partial charge in [0.25, 0.3) is 5.69 Å². The van der Waals surface area contributed by atoms with Crippen molar-refractivity contribution in [1.82, 2.24) is 0 Å². The predicted octanol–water partition coefficient (Wildman–Crippen LogP) is 3.95. The number of aliphatic hydroxyl groups is 1. The summed E-state index contributed by atoms with van der Waals surface area (Å²) in [6, 6.07) is 9.91. The molecule has 0 spiro atoms. The highest BCUT2D eigenvalue weighted by Gasteiger charge is 2.14. The van der Waals surface area contributed by atoms with E-state index >= 15 is 0 Å². The number of hydrogen-bond donors (Lipinski definition) is 1. The van der Waals surface area contributed by atoms with Crippen LogP contribution in [0.1, 0.15) is 11.1 Å². The fourth-order valence-electron chi connectivity index (χ4n) is 1.75. The molecule has 104 valence electrons. The van der Waals surface area contributed by atoms with Crippen LogP contribution in [0.4, 0.5) is 5.69 Å². The Hall–Kier alpha value is -1.92. The molecule has 20 heavy (non-hydrogen) atoms. The van der Waals surface area contributed by atoms with Gasteiger partial charge >= 0.3 is 0 Å². The molecule has 0 fully saturated rings. The van der Waals surface area contributed by atoms with Crippen LogP contribution in [0.2, 0.25) is 0 Å². The molecule has 0 aliphatic carbocycles. The third-order valence-corrected chi connectivity index (χ3v) is 3.35. The first-order chi connectivity index (χ1) is 9.51. The van der Waals surface area contributed by atoms with Crippen molar-refractivity contribution in [2.24, 2.45) is 0 Å². The maximum Gasteiger partial charge on any atom is 0.275 e. The van der Waals surface area contributed by atoms with Crippen LogP contribution in [-0.2, 0) is 6.61 Å². The molecular formula is C14H12BrNO4. The summed E-state index contributed by atoms with van der Waals surface area (Å²) in [4.78, 5) is 10.3. The van der Waals surface area contributed by atoms with E-state index < -0.39 is 11.5 Å². The summed E-state index contributed by atoms with van der Waals surface area (Å²) in [6.07, 6.45) is 0. The van der Waals surface area contributed by atoms with Crippen molar-refractivity contribution >= 4 is 21.6 Å². The molecule has 0 atom stereocenters. The highest BCUT2D eigenvalue weighted by molar-refractivity contribution is 9.10. The minimum absolute atomic E-state index is 0.122. The van der Waals surface area contributed by atoms with E-state index in [0.29, 0.717) is 11.5 Å². The maximum absolute atomic E-state index is 10.8. The van der Waals surface area contributed by atoms with Gasteiger partial charge in [0, 0.05) is 6.07 Å². The SMILES string of the molecule is Cc1ccc(Oc2ccc([N+](=O)[O-])c(CO)c2)c(Br)c1. The van der Waals surface area contributed by atoms with E-state index in [-0.39, 0.29) is 11.3 Å². The predicted molar refractivity (Wildman–Crippen MR) is 78.0 cm³/mol. The van der Waals surface area contributed by atoms with Crippen LogP contribution in [0.15, 0.2) is 40.9 Å². The molecule has 0 aromatic heterocycles. The second-order valence-electron chi connectivity index (χ2n) is 4.24. The normalized spacial score (nSPS) is 10.3. The van der Waals surface area contributed by atoms with Gasteiger partial charge in [-0.15, -0.1) is 0 Å². The quantitative estimate of drug-likeness (QED) is 0.677. The first-order valence-electron chi connectivity index (χ1n) is 5.83. The Morgan fingerprint density at radius 2 is 2.05 bits per heavy atom. The van der Waals surface area contributed by atoms with Gasteiger partial charge in [-0.3, -0.25) is 10.1 Å². The summed E-state index contributed by atoms with van der Waals surface area (Å²) in [5, 5.41) is 20.0. The molecule has 0 amide bonds. The number of ether oxygens (including phenoxy) is 1. The number of benzene rings is 2. The molecule has 1 N–H and O–H groups in total. The average Bonchev–Trinajstić information content (AvgIpc) is 2.41. The van der Waals surface area contributed by atoms with Crippen molar-refractivity contribution in [3.63, 3.8) is 0 Å². The van der Waals surface area contributed by atoms with Crippen molar-refractivity contribution in [1.29, 1.82) is 0 Å². The monoisotopic (exact) mass is 337 g/mol. The van der Waals surface area contributed by atoms with Crippen LogP contribution in [0.3, 0.4) is 0 Å². The maximum atomic E-state index is 10.8. The fourth-order valence-corrected chi connectivity index (χ4v) is 2.32. The van der Waals surface area contributed by atoms with E-state index in [4.69, 9.17) is 4.74 Å². The Morgan fingerprint density at radius 3 is 2.65 bits per heavy atom. The van der Waals surface area contributed by atoms with Gasteiger partial charge in [0.2, 0.25) is 0 Å². The molecule has 6 heteroatoms. The Morgan fingerprint density at radius 1 is 1.30 bits per heavy atom. The molecule has 0 aliphatic heterocycles. The van der Waals surface area contributed by atoms with Gasteiger partial charge in [-0.2, -0.15) is 0 Å². The first kappa shape index (κ1) is 14.5. The minimum atomic E-state index is -0.531. The number of aliphatic hydroxyl groups excluding tert-OH is 1. The van der Waals surface area contributed by atoms with Crippen LogP contribution in [0.25, 0.3) is 0 Å². The Labute approximate surface area is 124 Å². The van der Waals surface area contributed by atoms with Gasteiger partial charge in [0.05, 0.1) is 21.6 Å².